The second kappa shape index (κ2) is 8.06. The fourth-order valence-corrected chi connectivity index (χ4v) is 3.26. The van der Waals surface area contributed by atoms with Gasteiger partial charge in [-0.1, -0.05) is 18.2 Å². The molecule has 0 spiro atoms. The van der Waals surface area contributed by atoms with E-state index in [2.05, 4.69) is 28.7 Å². The third kappa shape index (κ3) is 4.13. The summed E-state index contributed by atoms with van der Waals surface area (Å²) in [6.07, 6.45) is 5.01. The Balaban J connectivity index is 1.66. The van der Waals surface area contributed by atoms with Crippen LogP contribution in [0, 0.1) is 0 Å². The van der Waals surface area contributed by atoms with Crippen LogP contribution in [0.4, 0.5) is 0 Å². The van der Waals surface area contributed by atoms with Crippen molar-refractivity contribution in [1.29, 1.82) is 0 Å². The molecule has 0 aromatic heterocycles. The Morgan fingerprint density at radius 2 is 1.72 bits per heavy atom. The number of methoxy groups -OCH3 is 2. The van der Waals surface area contributed by atoms with Crippen molar-refractivity contribution in [2.75, 3.05) is 14.2 Å². The first-order valence-electron chi connectivity index (χ1n) is 8.81. The second-order valence-electron chi connectivity index (χ2n) is 6.41. The van der Waals surface area contributed by atoms with E-state index >= 15 is 0 Å². The molecule has 0 amide bonds. The van der Waals surface area contributed by atoms with Crippen LogP contribution in [0.5, 0.6) is 11.5 Å². The zero-order valence-corrected chi connectivity index (χ0v) is 15.3. The lowest BCUT2D eigenvalue weighted by molar-refractivity contribution is 0.354. The first kappa shape index (κ1) is 17.3. The number of nitrogens with zero attached hydrogens (tertiary/aromatic N) is 1. The van der Waals surface area contributed by atoms with E-state index in [9.17, 15) is 0 Å². The largest absolute Gasteiger partial charge is 0.493 e. The molecular formula is C21H26N2O2. The van der Waals surface area contributed by atoms with Gasteiger partial charge in [0.05, 0.1) is 26.5 Å². The molecule has 25 heavy (non-hydrogen) atoms. The Hall–Kier alpha value is -2.49. The molecule has 0 heterocycles. The summed E-state index contributed by atoms with van der Waals surface area (Å²) in [4.78, 5) is 0. The number of hydrogen-bond donors (Lipinski definition) is 1. The normalized spacial score (nSPS) is 14.0. The van der Waals surface area contributed by atoms with Crippen molar-refractivity contribution in [1.82, 2.24) is 5.43 Å². The minimum atomic E-state index is 0.642. The summed E-state index contributed by atoms with van der Waals surface area (Å²) < 4.78 is 10.6. The lowest BCUT2D eigenvalue weighted by Crippen LogP contribution is -2.10. The number of rotatable bonds is 6. The number of benzene rings is 2. The molecule has 4 nitrogen and oxygen atoms in total. The molecule has 0 fully saturated rings. The Morgan fingerprint density at radius 3 is 2.48 bits per heavy atom. The maximum absolute atomic E-state index is 5.34. The van der Waals surface area contributed by atoms with Gasteiger partial charge in [0.25, 0.3) is 0 Å². The highest BCUT2D eigenvalue weighted by Crippen LogP contribution is 2.27. The van der Waals surface area contributed by atoms with Gasteiger partial charge in [-0.3, -0.25) is 0 Å². The third-order valence-corrected chi connectivity index (χ3v) is 4.74. The molecule has 1 aliphatic rings. The highest BCUT2D eigenvalue weighted by molar-refractivity contribution is 5.98. The lowest BCUT2D eigenvalue weighted by atomic mass is 9.90. The fourth-order valence-electron chi connectivity index (χ4n) is 3.26. The van der Waals surface area contributed by atoms with Gasteiger partial charge in [0.2, 0.25) is 0 Å². The van der Waals surface area contributed by atoms with Crippen LogP contribution in [0.1, 0.15) is 42.0 Å². The lowest BCUT2D eigenvalue weighted by Gasteiger charge is -2.16. The monoisotopic (exact) mass is 338 g/mol. The third-order valence-electron chi connectivity index (χ3n) is 4.74. The Morgan fingerprint density at radius 1 is 0.960 bits per heavy atom. The van der Waals surface area contributed by atoms with E-state index in [1.165, 1.54) is 42.4 Å². The van der Waals surface area contributed by atoms with E-state index in [1.54, 1.807) is 14.2 Å². The minimum Gasteiger partial charge on any atom is -0.493 e. The maximum atomic E-state index is 5.34. The predicted octanol–water partition coefficient (Wildman–Crippen LogP) is 4.10. The quantitative estimate of drug-likeness (QED) is 0.637. The van der Waals surface area contributed by atoms with Gasteiger partial charge in [0, 0.05) is 0 Å². The van der Waals surface area contributed by atoms with Gasteiger partial charge in [-0.05, 0) is 73.1 Å². The molecule has 2 aromatic rings. The standard InChI is InChI=1S/C21H26N2O2/c1-15(18-10-9-17-6-4-5-7-19(17)13-18)23-22-14-16-8-11-20(24-2)21(12-16)25-3/h8-13,22H,4-7,14H2,1-3H3/b23-15-. The van der Waals surface area contributed by atoms with E-state index in [-0.39, 0.29) is 0 Å². The predicted molar refractivity (Wildman–Crippen MR) is 102 cm³/mol. The van der Waals surface area contributed by atoms with Gasteiger partial charge >= 0.3 is 0 Å². The molecule has 0 unspecified atom stereocenters. The number of hydrazone groups is 1. The smallest absolute Gasteiger partial charge is 0.161 e. The van der Waals surface area contributed by atoms with E-state index < -0.39 is 0 Å². The molecule has 1 aliphatic carbocycles. The molecule has 0 saturated carbocycles. The summed E-state index contributed by atoms with van der Waals surface area (Å²) in [5.41, 5.74) is 9.45. The summed E-state index contributed by atoms with van der Waals surface area (Å²) in [6, 6.07) is 12.6. The molecule has 0 aliphatic heterocycles. The average molecular weight is 338 g/mol. The number of fused-ring (bicyclic) bond motifs is 1. The maximum Gasteiger partial charge on any atom is 0.161 e. The Bertz CT molecular complexity index is 768. The Kier molecular flexibility index (Phi) is 5.59. The first-order chi connectivity index (χ1) is 12.2. The van der Waals surface area contributed by atoms with E-state index in [1.807, 2.05) is 25.1 Å². The number of ether oxygens (including phenoxy) is 2. The summed E-state index contributed by atoms with van der Waals surface area (Å²) in [7, 11) is 3.29. The molecule has 0 radical (unpaired) electrons. The van der Waals surface area contributed by atoms with Gasteiger partial charge < -0.3 is 14.9 Å². The fraction of sp³-hybridized carbons (Fsp3) is 0.381. The molecule has 3 rings (SSSR count). The molecule has 0 saturated heterocycles. The number of nitrogens with one attached hydrogen (secondary N) is 1. The molecule has 1 N–H and O–H groups in total. The van der Waals surface area contributed by atoms with Crippen LogP contribution in [0.3, 0.4) is 0 Å². The minimum absolute atomic E-state index is 0.642. The first-order valence-corrected chi connectivity index (χ1v) is 8.81. The average Bonchev–Trinajstić information content (AvgIpc) is 2.67. The van der Waals surface area contributed by atoms with Crippen molar-refractivity contribution in [2.45, 2.75) is 39.2 Å². The summed E-state index contributed by atoms with van der Waals surface area (Å²) in [5, 5.41) is 4.53. The number of aryl methyl sites for hydroxylation is 2. The molecule has 132 valence electrons. The zero-order chi connectivity index (χ0) is 17.6. The van der Waals surface area contributed by atoms with Gasteiger partial charge in [-0.15, -0.1) is 0 Å². The second-order valence-corrected chi connectivity index (χ2v) is 6.41. The van der Waals surface area contributed by atoms with Crippen molar-refractivity contribution >= 4 is 5.71 Å². The van der Waals surface area contributed by atoms with Crippen LogP contribution in [-0.2, 0) is 19.4 Å². The van der Waals surface area contributed by atoms with E-state index in [0.29, 0.717) is 6.54 Å². The van der Waals surface area contributed by atoms with Crippen LogP contribution in [0.25, 0.3) is 0 Å². The van der Waals surface area contributed by atoms with Crippen molar-refractivity contribution in [3.63, 3.8) is 0 Å². The molecular weight excluding hydrogens is 312 g/mol. The summed E-state index contributed by atoms with van der Waals surface area (Å²) in [6.45, 7) is 2.69. The van der Waals surface area contributed by atoms with Crippen LogP contribution in [0.15, 0.2) is 41.5 Å². The van der Waals surface area contributed by atoms with Crippen molar-refractivity contribution in [2.24, 2.45) is 5.10 Å². The molecule has 0 bridgehead atoms. The van der Waals surface area contributed by atoms with Crippen LogP contribution >= 0.6 is 0 Å². The van der Waals surface area contributed by atoms with Gasteiger partial charge in [0.15, 0.2) is 11.5 Å². The van der Waals surface area contributed by atoms with Crippen molar-refractivity contribution in [3.05, 3.63) is 58.7 Å². The molecule has 2 aromatic carbocycles. The van der Waals surface area contributed by atoms with Gasteiger partial charge in [0.1, 0.15) is 0 Å². The highest BCUT2D eigenvalue weighted by atomic mass is 16.5. The zero-order valence-electron chi connectivity index (χ0n) is 15.3. The van der Waals surface area contributed by atoms with Crippen molar-refractivity contribution < 1.29 is 9.47 Å². The summed E-state index contributed by atoms with van der Waals surface area (Å²) >= 11 is 0. The summed E-state index contributed by atoms with van der Waals surface area (Å²) in [5.74, 6) is 1.47. The number of hydrogen-bond acceptors (Lipinski definition) is 4. The van der Waals surface area contributed by atoms with E-state index in [4.69, 9.17) is 9.47 Å². The molecule has 0 atom stereocenters. The van der Waals surface area contributed by atoms with E-state index in [0.717, 1.165) is 22.8 Å². The SMILES string of the molecule is COc1ccc(CN/N=C(/C)c2ccc3c(c2)CCCC3)cc1OC. The van der Waals surface area contributed by atoms with Gasteiger partial charge in [-0.25, -0.2) is 0 Å². The Labute approximate surface area is 149 Å². The van der Waals surface area contributed by atoms with Gasteiger partial charge in [-0.2, -0.15) is 5.10 Å². The molecule has 4 heteroatoms. The van der Waals surface area contributed by atoms with Crippen LogP contribution in [0.2, 0.25) is 0 Å². The van der Waals surface area contributed by atoms with Crippen LogP contribution in [-0.4, -0.2) is 19.9 Å². The topological polar surface area (TPSA) is 42.8 Å². The highest BCUT2D eigenvalue weighted by Gasteiger charge is 2.10. The van der Waals surface area contributed by atoms with Crippen molar-refractivity contribution in [3.8, 4) is 11.5 Å². The van der Waals surface area contributed by atoms with Crippen LogP contribution < -0.4 is 14.9 Å².